The molecule has 2 unspecified atom stereocenters. The lowest BCUT2D eigenvalue weighted by Gasteiger charge is -2.19. The average molecular weight is 267 g/mol. The predicted molar refractivity (Wildman–Crippen MR) is 70.9 cm³/mol. The standard InChI is InChI=1S/C13H21N3O3/c1-5-8(3)11(13(18)19)14-12(17)9-7-16(4)15-10(9)6-2/h7-8,11H,5-6H2,1-4H3,(H,14,17)(H,18,19). The first-order chi connectivity index (χ1) is 8.90. The van der Waals surface area contributed by atoms with Crippen LogP contribution in [-0.2, 0) is 18.3 Å². The molecule has 19 heavy (non-hydrogen) atoms. The van der Waals surface area contributed by atoms with E-state index in [0.29, 0.717) is 24.1 Å². The van der Waals surface area contributed by atoms with Crippen LogP contribution in [0.5, 0.6) is 0 Å². The quantitative estimate of drug-likeness (QED) is 0.811. The molecule has 0 spiro atoms. The van der Waals surface area contributed by atoms with Gasteiger partial charge in [-0.1, -0.05) is 27.2 Å². The predicted octanol–water partition coefficient (Wildman–Crippen LogP) is 1.21. The van der Waals surface area contributed by atoms with Crippen molar-refractivity contribution in [3.63, 3.8) is 0 Å². The van der Waals surface area contributed by atoms with E-state index in [2.05, 4.69) is 10.4 Å². The first-order valence-corrected chi connectivity index (χ1v) is 6.46. The van der Waals surface area contributed by atoms with Crippen molar-refractivity contribution < 1.29 is 14.7 Å². The van der Waals surface area contributed by atoms with Crippen LogP contribution in [0.2, 0.25) is 0 Å². The molecule has 0 aliphatic carbocycles. The minimum atomic E-state index is -1.01. The second kappa shape index (κ2) is 6.36. The number of hydrogen-bond donors (Lipinski definition) is 2. The average Bonchev–Trinajstić information content (AvgIpc) is 2.75. The van der Waals surface area contributed by atoms with E-state index < -0.39 is 12.0 Å². The molecule has 106 valence electrons. The lowest BCUT2D eigenvalue weighted by molar-refractivity contribution is -0.140. The third-order valence-electron chi connectivity index (χ3n) is 3.25. The molecular formula is C13H21N3O3. The third kappa shape index (κ3) is 3.56. The maximum absolute atomic E-state index is 12.1. The molecule has 2 atom stereocenters. The summed E-state index contributed by atoms with van der Waals surface area (Å²) >= 11 is 0. The number of carboxylic acids is 1. The van der Waals surface area contributed by atoms with Crippen LogP contribution in [0.25, 0.3) is 0 Å². The molecule has 0 aromatic carbocycles. The topological polar surface area (TPSA) is 84.2 Å². The van der Waals surface area contributed by atoms with Crippen molar-refractivity contribution in [1.82, 2.24) is 15.1 Å². The lowest BCUT2D eigenvalue weighted by atomic mass is 9.99. The molecule has 6 heteroatoms. The van der Waals surface area contributed by atoms with Crippen LogP contribution in [-0.4, -0.2) is 32.8 Å². The van der Waals surface area contributed by atoms with E-state index >= 15 is 0 Å². The summed E-state index contributed by atoms with van der Waals surface area (Å²) in [6, 6.07) is -0.873. The number of carbonyl (C=O) groups is 2. The highest BCUT2D eigenvalue weighted by Crippen LogP contribution is 2.11. The van der Waals surface area contributed by atoms with Crippen LogP contribution < -0.4 is 5.32 Å². The van der Waals surface area contributed by atoms with Crippen molar-refractivity contribution in [1.29, 1.82) is 0 Å². The van der Waals surface area contributed by atoms with Gasteiger partial charge < -0.3 is 10.4 Å². The number of nitrogens with one attached hydrogen (secondary N) is 1. The van der Waals surface area contributed by atoms with E-state index in [-0.39, 0.29) is 11.8 Å². The molecule has 0 bridgehead atoms. The van der Waals surface area contributed by atoms with E-state index in [9.17, 15) is 9.59 Å². The highest BCUT2D eigenvalue weighted by atomic mass is 16.4. The van der Waals surface area contributed by atoms with E-state index in [1.54, 1.807) is 17.9 Å². The minimum Gasteiger partial charge on any atom is -0.480 e. The van der Waals surface area contributed by atoms with Crippen molar-refractivity contribution in [3.05, 3.63) is 17.5 Å². The molecule has 0 saturated heterocycles. The summed E-state index contributed by atoms with van der Waals surface area (Å²) in [5, 5.41) is 15.9. The summed E-state index contributed by atoms with van der Waals surface area (Å²) < 4.78 is 1.56. The van der Waals surface area contributed by atoms with Crippen LogP contribution in [0.4, 0.5) is 0 Å². The number of hydrogen-bond acceptors (Lipinski definition) is 3. The maximum atomic E-state index is 12.1. The molecule has 0 radical (unpaired) electrons. The van der Waals surface area contributed by atoms with Gasteiger partial charge in [-0.2, -0.15) is 5.10 Å². The van der Waals surface area contributed by atoms with Crippen molar-refractivity contribution in [2.45, 2.75) is 39.7 Å². The Balaban J connectivity index is 2.90. The van der Waals surface area contributed by atoms with Gasteiger partial charge in [0.15, 0.2) is 0 Å². The Morgan fingerprint density at radius 1 is 1.47 bits per heavy atom. The molecule has 1 heterocycles. The number of nitrogens with zero attached hydrogens (tertiary/aromatic N) is 2. The smallest absolute Gasteiger partial charge is 0.326 e. The molecule has 2 N–H and O–H groups in total. The maximum Gasteiger partial charge on any atom is 0.326 e. The van der Waals surface area contributed by atoms with Gasteiger partial charge in [-0.05, 0) is 12.3 Å². The fraction of sp³-hybridized carbons (Fsp3) is 0.615. The van der Waals surface area contributed by atoms with Crippen molar-refractivity contribution in [2.24, 2.45) is 13.0 Å². The third-order valence-corrected chi connectivity index (χ3v) is 3.25. The summed E-state index contributed by atoms with van der Waals surface area (Å²) in [5.41, 5.74) is 1.12. The number of amides is 1. The Hall–Kier alpha value is -1.85. The first-order valence-electron chi connectivity index (χ1n) is 6.46. The van der Waals surface area contributed by atoms with Crippen LogP contribution in [0.1, 0.15) is 43.2 Å². The number of carbonyl (C=O) groups excluding carboxylic acids is 1. The van der Waals surface area contributed by atoms with Crippen LogP contribution in [0.3, 0.4) is 0 Å². The van der Waals surface area contributed by atoms with Crippen LogP contribution >= 0.6 is 0 Å². The van der Waals surface area contributed by atoms with Gasteiger partial charge in [0.1, 0.15) is 6.04 Å². The van der Waals surface area contributed by atoms with Crippen molar-refractivity contribution in [2.75, 3.05) is 0 Å². The van der Waals surface area contributed by atoms with Crippen LogP contribution in [0, 0.1) is 5.92 Å². The van der Waals surface area contributed by atoms with Crippen molar-refractivity contribution >= 4 is 11.9 Å². The lowest BCUT2D eigenvalue weighted by Crippen LogP contribution is -2.45. The summed E-state index contributed by atoms with van der Waals surface area (Å²) in [7, 11) is 1.74. The van der Waals surface area contributed by atoms with Gasteiger partial charge in [0.25, 0.3) is 5.91 Å². The number of rotatable bonds is 6. The van der Waals surface area contributed by atoms with Gasteiger partial charge in [0, 0.05) is 13.2 Å². The summed E-state index contributed by atoms with van der Waals surface area (Å²) in [4.78, 5) is 23.3. The SMILES string of the molecule is CCc1nn(C)cc1C(=O)NC(C(=O)O)C(C)CC. The molecule has 0 aliphatic heterocycles. The van der Waals surface area contributed by atoms with Gasteiger partial charge in [0.05, 0.1) is 11.3 Å². The largest absolute Gasteiger partial charge is 0.480 e. The second-order valence-corrected chi connectivity index (χ2v) is 4.69. The molecule has 1 aromatic heterocycles. The van der Waals surface area contributed by atoms with Gasteiger partial charge in [-0.25, -0.2) is 4.79 Å². The van der Waals surface area contributed by atoms with Gasteiger partial charge in [-0.3, -0.25) is 9.48 Å². The summed E-state index contributed by atoms with van der Waals surface area (Å²) in [5.74, 6) is -1.51. The molecule has 0 aliphatic rings. The Labute approximate surface area is 112 Å². The molecular weight excluding hydrogens is 246 g/mol. The molecule has 1 aromatic rings. The zero-order valence-corrected chi connectivity index (χ0v) is 11.8. The minimum absolute atomic E-state index is 0.122. The summed E-state index contributed by atoms with van der Waals surface area (Å²) in [6.45, 7) is 5.61. The Kier molecular flexibility index (Phi) is 5.09. The fourth-order valence-corrected chi connectivity index (χ4v) is 1.89. The number of aryl methyl sites for hydroxylation is 2. The Morgan fingerprint density at radius 3 is 2.58 bits per heavy atom. The van der Waals surface area contributed by atoms with E-state index in [4.69, 9.17) is 5.11 Å². The second-order valence-electron chi connectivity index (χ2n) is 4.69. The van der Waals surface area contributed by atoms with Gasteiger partial charge in [0.2, 0.25) is 0 Å². The van der Waals surface area contributed by atoms with E-state index in [0.717, 1.165) is 0 Å². The molecule has 1 amide bonds. The normalized spacial score (nSPS) is 13.9. The highest BCUT2D eigenvalue weighted by molar-refractivity contribution is 5.97. The number of carboxylic acid groups (broad SMARTS) is 1. The number of aromatic nitrogens is 2. The number of aliphatic carboxylic acids is 1. The Bertz CT molecular complexity index is 468. The zero-order chi connectivity index (χ0) is 14.6. The van der Waals surface area contributed by atoms with Crippen LogP contribution in [0.15, 0.2) is 6.20 Å². The molecule has 0 saturated carbocycles. The van der Waals surface area contributed by atoms with E-state index in [1.807, 2.05) is 20.8 Å². The van der Waals surface area contributed by atoms with E-state index in [1.165, 1.54) is 0 Å². The fourth-order valence-electron chi connectivity index (χ4n) is 1.89. The first kappa shape index (κ1) is 15.2. The summed E-state index contributed by atoms with van der Waals surface area (Å²) in [6.07, 6.45) is 2.93. The van der Waals surface area contributed by atoms with Gasteiger partial charge in [-0.15, -0.1) is 0 Å². The highest BCUT2D eigenvalue weighted by Gasteiger charge is 2.27. The zero-order valence-electron chi connectivity index (χ0n) is 11.8. The van der Waals surface area contributed by atoms with Crippen molar-refractivity contribution in [3.8, 4) is 0 Å². The molecule has 1 rings (SSSR count). The molecule has 6 nitrogen and oxygen atoms in total. The molecule has 0 fully saturated rings. The Morgan fingerprint density at radius 2 is 2.11 bits per heavy atom. The monoisotopic (exact) mass is 267 g/mol. The van der Waals surface area contributed by atoms with Gasteiger partial charge >= 0.3 is 5.97 Å².